The fourth-order valence-electron chi connectivity index (χ4n) is 7.50. The minimum Gasteiger partial charge on any atom is -0.345 e. The number of aromatic nitrogens is 2. The van der Waals surface area contributed by atoms with Gasteiger partial charge in [-0.25, -0.2) is 26.8 Å². The van der Waals surface area contributed by atoms with Crippen LogP contribution in [-0.2, 0) is 39.3 Å². The van der Waals surface area contributed by atoms with E-state index in [0.717, 1.165) is 47.3 Å². The summed E-state index contributed by atoms with van der Waals surface area (Å²) in [5.41, 5.74) is 8.62. The van der Waals surface area contributed by atoms with Gasteiger partial charge in [-0.3, -0.25) is 0 Å². The Hall–Kier alpha value is -3.86. The molecule has 4 heterocycles. The molecule has 8 rings (SSSR count). The molecule has 16 heteroatoms. The second kappa shape index (κ2) is 20.1. The summed E-state index contributed by atoms with van der Waals surface area (Å²) in [5.74, 6) is 0. The Kier molecular flexibility index (Phi) is 14.9. The zero-order valence-electron chi connectivity index (χ0n) is 34.5. The van der Waals surface area contributed by atoms with Gasteiger partial charge in [-0.05, 0) is 72.4 Å². The first-order chi connectivity index (χ1) is 29.3. The van der Waals surface area contributed by atoms with Gasteiger partial charge in [0.2, 0.25) is 20.0 Å². The molecule has 2 aromatic heterocycles. The van der Waals surface area contributed by atoms with Gasteiger partial charge in [0.15, 0.2) is 10.3 Å². The lowest BCUT2D eigenvalue weighted by Crippen LogP contribution is -2.48. The molecule has 0 bridgehead atoms. The highest BCUT2D eigenvalue weighted by Crippen LogP contribution is 2.30. The summed E-state index contributed by atoms with van der Waals surface area (Å²) in [7, 11) is -7.17. The van der Waals surface area contributed by atoms with Crippen LogP contribution in [0.25, 0.3) is 0 Å². The van der Waals surface area contributed by atoms with Gasteiger partial charge in [0.25, 0.3) is 0 Å². The molecule has 0 atom stereocenters. The van der Waals surface area contributed by atoms with Gasteiger partial charge in [0.1, 0.15) is 9.79 Å². The number of piperazine rings is 2. The van der Waals surface area contributed by atoms with Crippen LogP contribution in [0.2, 0.25) is 10.0 Å². The lowest BCUT2D eigenvalue weighted by Gasteiger charge is -2.33. The predicted octanol–water partition coefficient (Wildman–Crippen LogP) is 9.37. The largest absolute Gasteiger partial charge is 0.345 e. The van der Waals surface area contributed by atoms with Crippen LogP contribution in [-0.4, -0.2) is 87.8 Å². The van der Waals surface area contributed by atoms with E-state index >= 15 is 0 Å². The van der Waals surface area contributed by atoms with E-state index in [4.69, 9.17) is 33.2 Å². The van der Waals surface area contributed by atoms with Gasteiger partial charge in [0, 0.05) is 76.0 Å². The van der Waals surface area contributed by atoms with Crippen molar-refractivity contribution in [2.24, 2.45) is 0 Å². The first-order valence-corrected chi connectivity index (χ1v) is 25.7. The van der Waals surface area contributed by atoms with E-state index in [1.165, 1.54) is 36.4 Å². The Morgan fingerprint density at radius 1 is 0.557 bits per heavy atom. The molecule has 2 fully saturated rings. The molecule has 0 spiro atoms. The first kappa shape index (κ1) is 45.2. The lowest BCUT2D eigenvalue weighted by atomic mass is 9.99. The van der Waals surface area contributed by atoms with Gasteiger partial charge >= 0.3 is 0 Å². The number of sulfonamides is 2. The van der Waals surface area contributed by atoms with Crippen LogP contribution >= 0.6 is 45.9 Å². The highest BCUT2D eigenvalue weighted by Gasteiger charge is 2.32. The van der Waals surface area contributed by atoms with Crippen molar-refractivity contribution >= 4 is 76.2 Å². The maximum Gasteiger partial charge on any atom is 0.244 e. The molecule has 0 aliphatic carbocycles. The smallest absolute Gasteiger partial charge is 0.244 e. The Bertz CT molecular complexity index is 2620. The summed E-state index contributed by atoms with van der Waals surface area (Å²) in [6, 6.07) is 28.3. The zero-order chi connectivity index (χ0) is 43.1. The van der Waals surface area contributed by atoms with Crippen molar-refractivity contribution in [1.29, 1.82) is 0 Å². The molecule has 10 nitrogen and oxygen atoms in total. The molecule has 0 N–H and O–H groups in total. The Morgan fingerprint density at radius 3 is 1.43 bits per heavy atom. The topological polar surface area (TPSA) is 107 Å². The number of hydrogen-bond acceptors (Lipinski definition) is 10. The molecule has 4 aromatic carbocycles. The van der Waals surface area contributed by atoms with E-state index in [0.29, 0.717) is 52.4 Å². The third kappa shape index (κ3) is 10.9. The molecule has 2 saturated heterocycles. The third-order valence-electron chi connectivity index (χ3n) is 11.0. The fraction of sp³-hybridized carbons (Fsp3) is 0.333. The summed E-state index contributed by atoms with van der Waals surface area (Å²) in [5, 5.41) is 6.63. The molecular weight excluding hydrogens is 888 g/mol. The van der Waals surface area contributed by atoms with E-state index in [1.54, 1.807) is 71.2 Å². The van der Waals surface area contributed by atoms with Crippen LogP contribution in [0.1, 0.15) is 52.5 Å². The molecule has 0 radical (unpaired) electrons. The lowest BCUT2D eigenvalue weighted by molar-refractivity contribution is 0.384. The van der Waals surface area contributed by atoms with Gasteiger partial charge < -0.3 is 9.80 Å². The van der Waals surface area contributed by atoms with Crippen LogP contribution < -0.4 is 9.80 Å². The summed E-state index contributed by atoms with van der Waals surface area (Å²) in [4.78, 5) is 14.3. The number of hydrogen-bond donors (Lipinski definition) is 0. The highest BCUT2D eigenvalue weighted by molar-refractivity contribution is 7.89. The van der Waals surface area contributed by atoms with Crippen LogP contribution in [0.5, 0.6) is 0 Å². The zero-order valence-corrected chi connectivity index (χ0v) is 39.3. The number of rotatable bonds is 12. The van der Waals surface area contributed by atoms with E-state index < -0.39 is 20.0 Å². The van der Waals surface area contributed by atoms with Crippen molar-refractivity contribution < 1.29 is 16.8 Å². The summed E-state index contributed by atoms with van der Waals surface area (Å²) in [6.45, 7) is 10.6. The summed E-state index contributed by atoms with van der Waals surface area (Å²) >= 11 is 15.5. The minimum absolute atomic E-state index is 0.172. The molecule has 2 aliphatic rings. The Labute approximate surface area is 378 Å². The van der Waals surface area contributed by atoms with Crippen molar-refractivity contribution in [3.8, 4) is 0 Å². The second-order valence-corrected chi connectivity index (χ2v) is 21.5. The van der Waals surface area contributed by atoms with E-state index in [1.807, 2.05) is 0 Å². The van der Waals surface area contributed by atoms with Crippen molar-refractivity contribution in [1.82, 2.24) is 18.6 Å². The summed E-state index contributed by atoms with van der Waals surface area (Å²) in [6.07, 6.45) is 3.89. The molecule has 6 aromatic rings. The van der Waals surface area contributed by atoms with E-state index in [9.17, 15) is 16.8 Å². The molecular formula is C45H50Cl2N6O4S4. The maximum atomic E-state index is 12.9. The van der Waals surface area contributed by atoms with Gasteiger partial charge in [-0.1, -0.05) is 103 Å². The monoisotopic (exact) mass is 936 g/mol. The molecule has 2 aliphatic heterocycles. The van der Waals surface area contributed by atoms with Gasteiger partial charge in [-0.15, -0.1) is 22.7 Å². The molecule has 0 saturated carbocycles. The number of nitrogens with zero attached hydrogens (tertiary/aromatic N) is 6. The number of aryl methyl sites for hydroxylation is 3. The standard InChI is InChI=1S/C23H26ClN3O2S2.C22H24ClN3O2S2/c1-2-5-18-8-10-19(11-9-18)16-20-17-30-23(25-20)26-12-14-27(15-13-26)31(28,29)22-7-4-3-6-21(22)24;1-16-6-5-7-17(2)19(16)14-18-15-29-22(24-18)25-10-12-26(13-11-25)30(27,28)21-9-4-3-8-20(21)23/h3-4,6-11,17H,2,5,12-16H2,1H3;3-9,15H,10-14H2,1-2H3. The average Bonchev–Trinajstić information content (AvgIpc) is 3.94. The minimum atomic E-state index is -3.59. The second-order valence-electron chi connectivity index (χ2n) is 15.2. The van der Waals surface area contributed by atoms with Gasteiger partial charge in [-0.2, -0.15) is 8.61 Å². The van der Waals surface area contributed by atoms with Gasteiger partial charge in [0.05, 0.1) is 21.4 Å². The number of anilines is 2. The molecule has 0 unspecified atom stereocenters. The first-order valence-electron chi connectivity index (χ1n) is 20.3. The average molecular weight is 938 g/mol. The normalized spacial score (nSPS) is 15.4. The quantitative estimate of drug-likeness (QED) is 0.120. The molecule has 0 amide bonds. The van der Waals surface area contributed by atoms with Crippen molar-refractivity contribution in [3.05, 3.63) is 151 Å². The fourth-order valence-corrected chi connectivity index (χ4v) is 13.1. The van der Waals surface area contributed by atoms with Crippen molar-refractivity contribution in [3.63, 3.8) is 0 Å². The van der Waals surface area contributed by atoms with Crippen LogP contribution in [0.15, 0.2) is 112 Å². The predicted molar refractivity (Wildman–Crippen MR) is 251 cm³/mol. The van der Waals surface area contributed by atoms with E-state index in [2.05, 4.69) is 83.8 Å². The number of thiazole rings is 2. The van der Waals surface area contributed by atoms with Crippen LogP contribution in [0.4, 0.5) is 10.3 Å². The Balaban J connectivity index is 0.000000184. The maximum absolute atomic E-state index is 12.9. The SMILES string of the molecule is CCCc1ccc(Cc2csc(N3CCN(S(=O)(=O)c4ccccc4Cl)CC3)n2)cc1.Cc1cccc(C)c1Cc1csc(N2CCN(S(=O)(=O)c3ccccc3Cl)CC2)n1. The van der Waals surface area contributed by atoms with Crippen LogP contribution in [0, 0.1) is 13.8 Å². The van der Waals surface area contributed by atoms with Crippen molar-refractivity contribution in [2.75, 3.05) is 62.2 Å². The number of benzene rings is 4. The highest BCUT2D eigenvalue weighted by atomic mass is 35.5. The van der Waals surface area contributed by atoms with Crippen LogP contribution in [0.3, 0.4) is 0 Å². The third-order valence-corrected chi connectivity index (χ3v) is 17.7. The molecule has 61 heavy (non-hydrogen) atoms. The number of halogens is 2. The molecule has 322 valence electrons. The Morgan fingerprint density at radius 2 is 0.984 bits per heavy atom. The van der Waals surface area contributed by atoms with Crippen molar-refractivity contribution in [2.45, 2.75) is 56.2 Å². The van der Waals surface area contributed by atoms with E-state index in [-0.39, 0.29) is 19.8 Å². The summed E-state index contributed by atoms with van der Waals surface area (Å²) < 4.78 is 54.8.